The Kier molecular flexibility index (Phi) is 5.51. The van der Waals surface area contributed by atoms with Crippen LogP contribution in [0, 0.1) is 5.92 Å². The molecule has 2 rings (SSSR count). The second kappa shape index (κ2) is 7.18. The van der Waals surface area contributed by atoms with Crippen molar-refractivity contribution in [2.75, 3.05) is 23.7 Å². The zero-order chi connectivity index (χ0) is 16.3. The molecule has 0 fully saturated rings. The Balaban J connectivity index is 2.18. The van der Waals surface area contributed by atoms with Gasteiger partial charge in [-0.05, 0) is 31.9 Å². The molecule has 0 atom stereocenters. The summed E-state index contributed by atoms with van der Waals surface area (Å²) in [6, 6.07) is 7.91. The number of anilines is 1. The van der Waals surface area contributed by atoms with Crippen molar-refractivity contribution in [3.05, 3.63) is 24.3 Å². The molecule has 0 aliphatic carbocycles. The van der Waals surface area contributed by atoms with E-state index in [1.165, 1.54) is 11.8 Å². The van der Waals surface area contributed by atoms with E-state index < -0.39 is 0 Å². The number of carbonyl (C=O) groups is 2. The van der Waals surface area contributed by atoms with Crippen LogP contribution in [-0.4, -0.2) is 41.6 Å². The third-order valence-electron chi connectivity index (χ3n) is 3.61. The van der Waals surface area contributed by atoms with Gasteiger partial charge in [0.15, 0.2) is 0 Å². The van der Waals surface area contributed by atoms with E-state index in [4.69, 9.17) is 0 Å². The molecule has 0 saturated heterocycles. The first-order chi connectivity index (χ1) is 10.4. The number of para-hydroxylation sites is 1. The first-order valence-electron chi connectivity index (χ1n) is 7.71. The number of thioether (sulfide) groups is 1. The normalized spacial score (nSPS) is 14.5. The molecule has 4 nitrogen and oxygen atoms in total. The summed E-state index contributed by atoms with van der Waals surface area (Å²) in [6.07, 6.45) is 0. The maximum Gasteiger partial charge on any atom is 0.242 e. The van der Waals surface area contributed by atoms with E-state index in [1.807, 2.05) is 43.0 Å². The fraction of sp³-hybridized carbons (Fsp3) is 0.529. The van der Waals surface area contributed by atoms with Crippen LogP contribution >= 0.6 is 11.8 Å². The molecular weight excluding hydrogens is 296 g/mol. The van der Waals surface area contributed by atoms with E-state index in [1.54, 1.807) is 4.90 Å². The summed E-state index contributed by atoms with van der Waals surface area (Å²) >= 11 is 1.54. The molecule has 1 aliphatic heterocycles. The van der Waals surface area contributed by atoms with Crippen molar-refractivity contribution < 1.29 is 9.59 Å². The van der Waals surface area contributed by atoms with Crippen molar-refractivity contribution in [1.82, 2.24) is 4.90 Å². The molecule has 1 aromatic carbocycles. The first-order valence-corrected chi connectivity index (χ1v) is 8.70. The van der Waals surface area contributed by atoms with E-state index in [0.717, 1.165) is 17.1 Å². The fourth-order valence-electron chi connectivity index (χ4n) is 2.55. The number of rotatable bonds is 5. The van der Waals surface area contributed by atoms with E-state index in [2.05, 4.69) is 13.8 Å². The van der Waals surface area contributed by atoms with Crippen LogP contribution in [0.25, 0.3) is 0 Å². The molecule has 2 amide bonds. The Bertz CT molecular complexity index is 557. The fourth-order valence-corrected chi connectivity index (χ4v) is 3.48. The lowest BCUT2D eigenvalue weighted by Crippen LogP contribution is -2.48. The number of hydrogen-bond acceptors (Lipinski definition) is 3. The van der Waals surface area contributed by atoms with Crippen LogP contribution in [0.3, 0.4) is 0 Å². The van der Waals surface area contributed by atoms with Gasteiger partial charge in [0.25, 0.3) is 0 Å². The number of hydrogen-bond donors (Lipinski definition) is 0. The lowest BCUT2D eigenvalue weighted by molar-refractivity contribution is -0.133. The van der Waals surface area contributed by atoms with E-state index in [-0.39, 0.29) is 24.4 Å². The Morgan fingerprint density at radius 3 is 2.59 bits per heavy atom. The van der Waals surface area contributed by atoms with Crippen molar-refractivity contribution >= 4 is 29.3 Å². The molecule has 0 unspecified atom stereocenters. The predicted molar refractivity (Wildman–Crippen MR) is 91.2 cm³/mol. The third kappa shape index (κ3) is 3.83. The zero-order valence-electron chi connectivity index (χ0n) is 13.7. The Morgan fingerprint density at radius 2 is 1.95 bits per heavy atom. The van der Waals surface area contributed by atoms with Gasteiger partial charge >= 0.3 is 0 Å². The van der Waals surface area contributed by atoms with Gasteiger partial charge in [-0.15, -0.1) is 11.8 Å². The van der Waals surface area contributed by atoms with Crippen LogP contribution in [0.5, 0.6) is 0 Å². The van der Waals surface area contributed by atoms with Crippen molar-refractivity contribution in [3.8, 4) is 0 Å². The summed E-state index contributed by atoms with van der Waals surface area (Å²) < 4.78 is 0. The minimum absolute atomic E-state index is 0.00491. The third-order valence-corrected chi connectivity index (χ3v) is 4.65. The number of fused-ring (bicyclic) bond motifs is 1. The van der Waals surface area contributed by atoms with E-state index in [9.17, 15) is 9.59 Å². The molecule has 120 valence electrons. The molecule has 0 aromatic heterocycles. The highest BCUT2D eigenvalue weighted by Crippen LogP contribution is 2.34. The second-order valence-corrected chi connectivity index (χ2v) is 7.29. The van der Waals surface area contributed by atoms with E-state index >= 15 is 0 Å². The van der Waals surface area contributed by atoms with Crippen LogP contribution in [-0.2, 0) is 9.59 Å². The monoisotopic (exact) mass is 320 g/mol. The SMILES string of the molecule is CC(C)CN(C(=O)CN1C(=O)CSc2ccccc21)C(C)C. The summed E-state index contributed by atoms with van der Waals surface area (Å²) in [5.74, 6) is 0.825. The summed E-state index contributed by atoms with van der Waals surface area (Å²) in [4.78, 5) is 29.5. The molecule has 1 heterocycles. The quantitative estimate of drug-likeness (QED) is 0.837. The van der Waals surface area contributed by atoms with Crippen molar-refractivity contribution in [2.45, 2.75) is 38.6 Å². The maximum absolute atomic E-state index is 12.7. The zero-order valence-corrected chi connectivity index (χ0v) is 14.5. The van der Waals surface area contributed by atoms with Gasteiger partial charge in [0, 0.05) is 17.5 Å². The van der Waals surface area contributed by atoms with Gasteiger partial charge in [0.1, 0.15) is 6.54 Å². The smallest absolute Gasteiger partial charge is 0.242 e. The number of amides is 2. The summed E-state index contributed by atoms with van der Waals surface area (Å²) in [5, 5.41) is 0. The summed E-state index contributed by atoms with van der Waals surface area (Å²) in [7, 11) is 0. The Hall–Kier alpha value is -1.49. The van der Waals surface area contributed by atoms with Crippen LogP contribution in [0.15, 0.2) is 29.2 Å². The van der Waals surface area contributed by atoms with Crippen LogP contribution in [0.4, 0.5) is 5.69 Å². The Labute approximate surface area is 136 Å². The first kappa shape index (κ1) is 16.9. The lowest BCUT2D eigenvalue weighted by atomic mass is 10.1. The van der Waals surface area contributed by atoms with Gasteiger partial charge in [0.05, 0.1) is 11.4 Å². The maximum atomic E-state index is 12.7. The standard InChI is InChI=1S/C17H24N2O2S/c1-12(2)9-18(13(3)4)16(20)10-19-14-7-5-6-8-15(14)22-11-17(19)21/h5-8,12-13H,9-11H2,1-4H3. The van der Waals surface area contributed by atoms with Crippen LogP contribution in [0.2, 0.25) is 0 Å². The molecular formula is C17H24N2O2S. The molecule has 0 radical (unpaired) electrons. The van der Waals surface area contributed by atoms with Gasteiger partial charge in [0.2, 0.25) is 11.8 Å². The van der Waals surface area contributed by atoms with Gasteiger partial charge in [-0.25, -0.2) is 0 Å². The number of carbonyl (C=O) groups excluding carboxylic acids is 2. The van der Waals surface area contributed by atoms with Crippen molar-refractivity contribution in [3.63, 3.8) is 0 Å². The average Bonchev–Trinajstić information content (AvgIpc) is 2.47. The molecule has 0 spiro atoms. The molecule has 0 N–H and O–H groups in total. The van der Waals surface area contributed by atoms with Gasteiger partial charge in [-0.2, -0.15) is 0 Å². The number of benzene rings is 1. The minimum atomic E-state index is 0.00491. The molecule has 1 aromatic rings. The van der Waals surface area contributed by atoms with Gasteiger partial charge in [-0.3, -0.25) is 9.59 Å². The molecule has 1 aliphatic rings. The van der Waals surface area contributed by atoms with Crippen molar-refractivity contribution in [2.24, 2.45) is 5.92 Å². The molecule has 0 bridgehead atoms. The minimum Gasteiger partial charge on any atom is -0.338 e. The second-order valence-electron chi connectivity index (χ2n) is 6.27. The largest absolute Gasteiger partial charge is 0.338 e. The van der Waals surface area contributed by atoms with Gasteiger partial charge in [-0.1, -0.05) is 26.0 Å². The summed E-state index contributed by atoms with van der Waals surface area (Å²) in [5.41, 5.74) is 0.852. The highest BCUT2D eigenvalue weighted by Gasteiger charge is 2.28. The van der Waals surface area contributed by atoms with Gasteiger partial charge < -0.3 is 9.80 Å². The van der Waals surface area contributed by atoms with Crippen molar-refractivity contribution in [1.29, 1.82) is 0 Å². The predicted octanol–water partition coefficient (Wildman–Crippen LogP) is 3.02. The average molecular weight is 320 g/mol. The Morgan fingerprint density at radius 1 is 1.27 bits per heavy atom. The van der Waals surface area contributed by atoms with Crippen LogP contribution in [0.1, 0.15) is 27.7 Å². The highest BCUT2D eigenvalue weighted by atomic mass is 32.2. The summed E-state index contributed by atoms with van der Waals surface area (Å²) in [6.45, 7) is 9.07. The lowest BCUT2D eigenvalue weighted by Gasteiger charge is -2.33. The molecule has 0 saturated carbocycles. The highest BCUT2D eigenvalue weighted by molar-refractivity contribution is 8.00. The van der Waals surface area contributed by atoms with E-state index in [0.29, 0.717) is 11.7 Å². The molecule has 22 heavy (non-hydrogen) atoms. The number of nitrogens with zero attached hydrogens (tertiary/aromatic N) is 2. The molecule has 5 heteroatoms. The van der Waals surface area contributed by atoms with Crippen LogP contribution < -0.4 is 4.90 Å². The topological polar surface area (TPSA) is 40.6 Å².